The largest absolute Gasteiger partial charge is 0.486 e. The van der Waals surface area contributed by atoms with Crippen LogP contribution in [0.1, 0.15) is 30.9 Å². The third-order valence-electron chi connectivity index (χ3n) is 5.18. The highest BCUT2D eigenvalue weighted by Gasteiger charge is 2.33. The molecule has 1 unspecified atom stereocenters. The van der Waals surface area contributed by atoms with Gasteiger partial charge >= 0.3 is 0 Å². The van der Waals surface area contributed by atoms with E-state index < -0.39 is 0 Å². The van der Waals surface area contributed by atoms with Gasteiger partial charge in [0.25, 0.3) is 5.91 Å². The van der Waals surface area contributed by atoms with Gasteiger partial charge in [0, 0.05) is 17.3 Å². The molecule has 5 nitrogen and oxygen atoms in total. The molecule has 0 radical (unpaired) electrons. The van der Waals surface area contributed by atoms with Crippen molar-refractivity contribution in [2.75, 3.05) is 31.6 Å². The molecule has 0 saturated carbocycles. The summed E-state index contributed by atoms with van der Waals surface area (Å²) in [5.74, 6) is 0.951. The monoisotopic (exact) mass is 371 g/mol. The predicted octanol–water partition coefficient (Wildman–Crippen LogP) is 2.35. The Kier molecular flexibility index (Phi) is 5.25. The van der Waals surface area contributed by atoms with Crippen LogP contribution in [-0.2, 0) is 4.79 Å². The zero-order valence-electron chi connectivity index (χ0n) is 15.2. The summed E-state index contributed by atoms with van der Waals surface area (Å²) in [6, 6.07) is 11.3. The van der Waals surface area contributed by atoms with E-state index in [1.165, 1.54) is 23.5 Å². The molecule has 142 valence electrons. The van der Waals surface area contributed by atoms with Crippen molar-refractivity contribution in [2.24, 2.45) is 0 Å². The molecule has 4 rings (SSSR count). The number of benzene rings is 2. The number of hydrogen-bond donors (Lipinski definition) is 2. The number of carbonyl (C=O) groups excluding carboxylic acids is 1. The van der Waals surface area contributed by atoms with Crippen molar-refractivity contribution in [1.29, 1.82) is 0 Å². The Hall–Kier alpha value is -2.60. The van der Waals surface area contributed by atoms with E-state index in [9.17, 15) is 9.18 Å². The lowest BCUT2D eigenvalue weighted by molar-refractivity contribution is -0.926. The van der Waals surface area contributed by atoms with Gasteiger partial charge in [-0.05, 0) is 55.7 Å². The van der Waals surface area contributed by atoms with Crippen LogP contribution in [0.3, 0.4) is 0 Å². The Morgan fingerprint density at radius 2 is 1.67 bits per heavy atom. The predicted molar refractivity (Wildman–Crippen MR) is 99.8 cm³/mol. The summed E-state index contributed by atoms with van der Waals surface area (Å²) in [5.41, 5.74) is 1.51. The normalized spacial score (nSPS) is 18.0. The molecular weight excluding hydrogens is 347 g/mol. The van der Waals surface area contributed by atoms with E-state index >= 15 is 0 Å². The van der Waals surface area contributed by atoms with E-state index in [-0.39, 0.29) is 17.8 Å². The molecule has 0 aliphatic carbocycles. The van der Waals surface area contributed by atoms with Crippen LogP contribution < -0.4 is 19.7 Å². The topological polar surface area (TPSA) is 52.0 Å². The van der Waals surface area contributed by atoms with Gasteiger partial charge in [0.2, 0.25) is 0 Å². The smallest absolute Gasteiger partial charge is 0.287 e. The van der Waals surface area contributed by atoms with Crippen LogP contribution >= 0.6 is 0 Å². The van der Waals surface area contributed by atoms with Gasteiger partial charge in [-0.2, -0.15) is 0 Å². The van der Waals surface area contributed by atoms with E-state index in [0.29, 0.717) is 30.4 Å². The highest BCUT2D eigenvalue weighted by Crippen LogP contribution is 2.32. The lowest BCUT2D eigenvalue weighted by atomic mass is 10.0. The number of likely N-dealkylation sites (tertiary alicyclic amines) is 1. The van der Waals surface area contributed by atoms with Crippen LogP contribution in [0, 0.1) is 5.82 Å². The van der Waals surface area contributed by atoms with Crippen molar-refractivity contribution >= 4 is 11.6 Å². The summed E-state index contributed by atoms with van der Waals surface area (Å²) in [6.07, 6.45) is 3.40. The number of amides is 1. The Balaban J connectivity index is 1.57. The van der Waals surface area contributed by atoms with Crippen LogP contribution in [0.2, 0.25) is 0 Å². The summed E-state index contributed by atoms with van der Waals surface area (Å²) in [7, 11) is 0. The zero-order valence-corrected chi connectivity index (χ0v) is 15.2. The SMILES string of the molecule is O=C(Nc1ccc2c(c1)OCCO2)C(c1ccc(F)cc1)[NH+]1CCCCC1. The molecule has 2 aromatic carbocycles. The van der Waals surface area contributed by atoms with Gasteiger partial charge in [-0.3, -0.25) is 4.79 Å². The Morgan fingerprint density at radius 3 is 2.41 bits per heavy atom. The first-order valence-corrected chi connectivity index (χ1v) is 9.51. The van der Waals surface area contributed by atoms with Gasteiger partial charge < -0.3 is 19.7 Å². The first-order chi connectivity index (χ1) is 13.2. The standard InChI is InChI=1S/C21H23FN2O3/c22-16-6-4-15(5-7-16)20(24-10-2-1-3-11-24)21(25)23-17-8-9-18-19(14-17)27-13-12-26-18/h4-9,14,20H,1-3,10-13H2,(H,23,25)/p+1. The van der Waals surface area contributed by atoms with E-state index in [1.54, 1.807) is 18.2 Å². The number of quaternary nitrogens is 1. The van der Waals surface area contributed by atoms with Crippen molar-refractivity contribution in [1.82, 2.24) is 0 Å². The maximum Gasteiger partial charge on any atom is 0.287 e. The highest BCUT2D eigenvalue weighted by molar-refractivity contribution is 5.94. The van der Waals surface area contributed by atoms with Crippen LogP contribution in [0.25, 0.3) is 0 Å². The van der Waals surface area contributed by atoms with Gasteiger partial charge in [0.1, 0.15) is 19.0 Å². The fourth-order valence-corrected chi connectivity index (χ4v) is 3.86. The van der Waals surface area contributed by atoms with E-state index in [2.05, 4.69) is 5.32 Å². The second-order valence-electron chi connectivity index (χ2n) is 7.05. The summed E-state index contributed by atoms with van der Waals surface area (Å²) in [6.45, 7) is 2.91. The number of ether oxygens (including phenoxy) is 2. The maximum absolute atomic E-state index is 13.4. The average Bonchev–Trinajstić information content (AvgIpc) is 2.70. The molecule has 2 N–H and O–H groups in total. The average molecular weight is 371 g/mol. The van der Waals surface area contributed by atoms with Crippen molar-refractivity contribution < 1.29 is 23.6 Å². The fourth-order valence-electron chi connectivity index (χ4n) is 3.86. The molecule has 2 aromatic rings. The summed E-state index contributed by atoms with van der Waals surface area (Å²) in [4.78, 5) is 14.4. The number of anilines is 1. The minimum Gasteiger partial charge on any atom is -0.486 e. The Morgan fingerprint density at radius 1 is 0.963 bits per heavy atom. The molecule has 1 saturated heterocycles. The van der Waals surface area contributed by atoms with Crippen LogP contribution in [0.15, 0.2) is 42.5 Å². The number of nitrogens with one attached hydrogen (secondary N) is 2. The highest BCUT2D eigenvalue weighted by atomic mass is 19.1. The molecule has 2 aliphatic rings. The number of carbonyl (C=O) groups is 1. The van der Waals surface area contributed by atoms with Crippen LogP contribution in [0.5, 0.6) is 11.5 Å². The molecule has 1 amide bonds. The number of hydrogen-bond acceptors (Lipinski definition) is 3. The Labute approximate surface area is 158 Å². The first kappa shape index (κ1) is 17.8. The third kappa shape index (κ3) is 4.06. The third-order valence-corrected chi connectivity index (χ3v) is 5.18. The molecule has 6 heteroatoms. The quantitative estimate of drug-likeness (QED) is 0.868. The summed E-state index contributed by atoms with van der Waals surface area (Å²) < 4.78 is 24.5. The second-order valence-corrected chi connectivity index (χ2v) is 7.05. The minimum atomic E-state index is -0.362. The molecule has 0 aromatic heterocycles. The molecule has 1 atom stereocenters. The number of fused-ring (bicyclic) bond motifs is 1. The second kappa shape index (κ2) is 7.96. The lowest BCUT2D eigenvalue weighted by Crippen LogP contribution is -3.14. The summed E-state index contributed by atoms with van der Waals surface area (Å²) in [5, 5.41) is 3.01. The molecule has 2 heterocycles. The van der Waals surface area contributed by atoms with Gasteiger partial charge in [0.15, 0.2) is 17.5 Å². The van der Waals surface area contributed by atoms with Gasteiger partial charge in [0.05, 0.1) is 13.1 Å². The first-order valence-electron chi connectivity index (χ1n) is 9.51. The van der Waals surface area contributed by atoms with Gasteiger partial charge in [-0.1, -0.05) is 0 Å². The molecule has 0 bridgehead atoms. The fraction of sp³-hybridized carbons (Fsp3) is 0.381. The Bertz CT molecular complexity index is 804. The van der Waals surface area contributed by atoms with Crippen molar-refractivity contribution in [3.63, 3.8) is 0 Å². The number of piperidine rings is 1. The van der Waals surface area contributed by atoms with Crippen LogP contribution in [0.4, 0.5) is 10.1 Å². The molecule has 0 spiro atoms. The summed E-state index contributed by atoms with van der Waals surface area (Å²) >= 11 is 0. The molecule has 1 fully saturated rings. The lowest BCUT2D eigenvalue weighted by Gasteiger charge is -2.31. The van der Waals surface area contributed by atoms with Crippen molar-refractivity contribution in [3.8, 4) is 11.5 Å². The van der Waals surface area contributed by atoms with Crippen LogP contribution in [-0.4, -0.2) is 32.2 Å². The molecule has 27 heavy (non-hydrogen) atoms. The van der Waals surface area contributed by atoms with E-state index in [1.807, 2.05) is 12.1 Å². The maximum atomic E-state index is 13.4. The molecule has 2 aliphatic heterocycles. The molecular formula is C21H24FN2O3+. The van der Waals surface area contributed by atoms with Crippen molar-refractivity contribution in [2.45, 2.75) is 25.3 Å². The van der Waals surface area contributed by atoms with E-state index in [0.717, 1.165) is 31.5 Å². The minimum absolute atomic E-state index is 0.0878. The van der Waals surface area contributed by atoms with Gasteiger partial charge in [-0.25, -0.2) is 4.39 Å². The van der Waals surface area contributed by atoms with Gasteiger partial charge in [-0.15, -0.1) is 0 Å². The van der Waals surface area contributed by atoms with Crippen molar-refractivity contribution in [3.05, 3.63) is 53.8 Å². The number of halogens is 1. The number of rotatable bonds is 4. The van der Waals surface area contributed by atoms with E-state index in [4.69, 9.17) is 9.47 Å². The zero-order chi connectivity index (χ0) is 18.6.